The van der Waals surface area contributed by atoms with E-state index in [0.29, 0.717) is 4.90 Å². The third kappa shape index (κ3) is 1.95. The fraction of sp³-hybridized carbons (Fsp3) is 0. The summed E-state index contributed by atoms with van der Waals surface area (Å²) in [6.45, 7) is 0. The molecule has 21 heavy (non-hydrogen) atoms. The number of nitrogens with zero attached hydrogens (tertiary/aromatic N) is 3. The normalized spacial score (nSPS) is 13.5. The fourth-order valence-electron chi connectivity index (χ4n) is 2.06. The van der Waals surface area contributed by atoms with Crippen molar-refractivity contribution >= 4 is 35.0 Å². The summed E-state index contributed by atoms with van der Waals surface area (Å²) in [5.41, 5.74) is 5.73. The molecule has 0 radical (unpaired) electrons. The van der Waals surface area contributed by atoms with Crippen LogP contribution in [-0.4, -0.2) is 32.6 Å². The summed E-state index contributed by atoms with van der Waals surface area (Å²) in [6, 6.07) is 4.45. The predicted molar refractivity (Wildman–Crippen MR) is 72.7 cm³/mol. The van der Waals surface area contributed by atoms with Crippen molar-refractivity contribution in [2.24, 2.45) is 0 Å². The molecule has 0 saturated carbocycles. The molecular weight excluding hydrogens is 296 g/mol. The van der Waals surface area contributed by atoms with Crippen LogP contribution in [-0.2, 0) is 0 Å². The van der Waals surface area contributed by atoms with Gasteiger partial charge in [0.25, 0.3) is 17.7 Å². The number of carbonyl (C=O) groups is 3. The molecule has 7 nitrogen and oxygen atoms in total. The third-order valence-electron chi connectivity index (χ3n) is 2.97. The van der Waals surface area contributed by atoms with Gasteiger partial charge >= 0.3 is 0 Å². The lowest BCUT2D eigenvalue weighted by Crippen LogP contribution is -2.36. The average molecular weight is 303 g/mol. The molecule has 3 rings (SSSR count). The van der Waals surface area contributed by atoms with Crippen molar-refractivity contribution in [1.29, 1.82) is 0 Å². The first-order valence-corrected chi connectivity index (χ1v) is 6.17. The van der Waals surface area contributed by atoms with Crippen LogP contribution in [0.5, 0.6) is 0 Å². The highest BCUT2D eigenvalue weighted by Gasteiger charge is 2.42. The van der Waals surface area contributed by atoms with E-state index in [-0.39, 0.29) is 27.7 Å². The Kier molecular flexibility index (Phi) is 2.91. The number of halogens is 1. The number of imide groups is 3. The summed E-state index contributed by atoms with van der Waals surface area (Å²) in [5.74, 6) is -2.41. The number of amides is 3. The van der Waals surface area contributed by atoms with Crippen molar-refractivity contribution < 1.29 is 14.4 Å². The molecule has 1 aliphatic rings. The van der Waals surface area contributed by atoms with Crippen LogP contribution in [0.4, 0.5) is 5.69 Å². The van der Waals surface area contributed by atoms with Gasteiger partial charge in [0, 0.05) is 5.69 Å². The second kappa shape index (κ2) is 4.64. The molecule has 8 heteroatoms. The molecule has 1 aromatic heterocycles. The van der Waals surface area contributed by atoms with Crippen LogP contribution in [0.25, 0.3) is 0 Å². The van der Waals surface area contributed by atoms with E-state index in [2.05, 4.69) is 9.97 Å². The molecule has 2 aromatic rings. The highest BCUT2D eigenvalue weighted by atomic mass is 35.5. The molecule has 0 saturated heterocycles. The topological polar surface area (TPSA) is 106 Å². The fourth-order valence-corrected chi connectivity index (χ4v) is 2.20. The molecule has 0 atom stereocenters. The van der Waals surface area contributed by atoms with Crippen LogP contribution in [0.1, 0.15) is 31.2 Å². The minimum absolute atomic E-state index is 0.0167. The van der Waals surface area contributed by atoms with E-state index < -0.39 is 17.7 Å². The minimum atomic E-state index is -0.893. The van der Waals surface area contributed by atoms with Crippen molar-refractivity contribution in [2.45, 2.75) is 0 Å². The molecule has 2 heterocycles. The molecule has 0 spiro atoms. The number of nitrogen functional groups attached to an aromatic ring is 1. The first-order chi connectivity index (χ1) is 10.0. The number of anilines is 1. The summed E-state index contributed by atoms with van der Waals surface area (Å²) in [7, 11) is 0. The Labute approximate surface area is 123 Å². The Morgan fingerprint density at radius 2 is 1.95 bits per heavy atom. The van der Waals surface area contributed by atoms with Gasteiger partial charge in [-0.2, -0.15) is 0 Å². The molecular formula is C13H7ClN4O3. The largest absolute Gasteiger partial charge is 0.398 e. The van der Waals surface area contributed by atoms with E-state index in [9.17, 15) is 14.4 Å². The van der Waals surface area contributed by atoms with Gasteiger partial charge < -0.3 is 5.73 Å². The van der Waals surface area contributed by atoms with Gasteiger partial charge in [0.1, 0.15) is 10.8 Å². The number of aromatic nitrogens is 2. The van der Waals surface area contributed by atoms with Crippen molar-refractivity contribution in [3.63, 3.8) is 0 Å². The summed E-state index contributed by atoms with van der Waals surface area (Å²) in [5, 5.41) is -0.0167. The zero-order valence-electron chi connectivity index (χ0n) is 10.4. The van der Waals surface area contributed by atoms with Crippen molar-refractivity contribution in [3.8, 4) is 0 Å². The van der Waals surface area contributed by atoms with Crippen LogP contribution in [0.15, 0.2) is 30.6 Å². The second-order valence-electron chi connectivity index (χ2n) is 4.25. The number of nitrogens with two attached hydrogens (primary N) is 1. The lowest BCUT2D eigenvalue weighted by molar-refractivity contribution is 0.0563. The molecule has 1 aliphatic heterocycles. The van der Waals surface area contributed by atoms with Gasteiger partial charge in [-0.3, -0.25) is 19.4 Å². The van der Waals surface area contributed by atoms with Gasteiger partial charge in [0.15, 0.2) is 0 Å². The van der Waals surface area contributed by atoms with Crippen molar-refractivity contribution in [1.82, 2.24) is 14.9 Å². The smallest absolute Gasteiger partial charge is 0.288 e. The molecule has 104 valence electrons. The van der Waals surface area contributed by atoms with E-state index in [1.54, 1.807) is 0 Å². The predicted octanol–water partition coefficient (Wildman–Crippen LogP) is 1.15. The molecule has 1 aromatic carbocycles. The number of hydrogen-bond donors (Lipinski definition) is 1. The number of hydrogen-bond acceptors (Lipinski definition) is 6. The van der Waals surface area contributed by atoms with E-state index in [4.69, 9.17) is 17.3 Å². The van der Waals surface area contributed by atoms with Crippen molar-refractivity contribution in [2.75, 3.05) is 5.73 Å². The Balaban J connectivity index is 2.06. The van der Waals surface area contributed by atoms with Crippen LogP contribution in [0.3, 0.4) is 0 Å². The Hall–Kier alpha value is -2.80. The monoisotopic (exact) mass is 302 g/mol. The Bertz CT molecular complexity index is 806. The first kappa shape index (κ1) is 13.2. The molecule has 0 fully saturated rings. The Morgan fingerprint density at radius 1 is 1.19 bits per heavy atom. The van der Waals surface area contributed by atoms with Crippen molar-refractivity contribution in [3.05, 3.63) is 52.6 Å². The number of benzene rings is 1. The maximum atomic E-state index is 12.3. The minimum Gasteiger partial charge on any atom is -0.398 e. The van der Waals surface area contributed by atoms with Gasteiger partial charge in [-0.15, -0.1) is 0 Å². The van der Waals surface area contributed by atoms with E-state index in [1.807, 2.05) is 0 Å². The van der Waals surface area contributed by atoms with E-state index in [0.717, 1.165) is 6.20 Å². The highest BCUT2D eigenvalue weighted by molar-refractivity contribution is 6.33. The van der Waals surface area contributed by atoms with Gasteiger partial charge in [0.2, 0.25) is 0 Å². The molecule has 3 amide bonds. The summed E-state index contributed by atoms with van der Waals surface area (Å²) in [6.07, 6.45) is 2.36. The van der Waals surface area contributed by atoms with Gasteiger partial charge in [-0.1, -0.05) is 17.7 Å². The quantitative estimate of drug-likeness (QED) is 0.625. The molecule has 0 aliphatic carbocycles. The first-order valence-electron chi connectivity index (χ1n) is 5.80. The lowest BCUT2D eigenvalue weighted by atomic mass is 10.1. The number of fused-ring (bicyclic) bond motifs is 1. The zero-order chi connectivity index (χ0) is 15.1. The maximum Gasteiger partial charge on any atom is 0.288 e. The summed E-state index contributed by atoms with van der Waals surface area (Å²) < 4.78 is 0. The third-order valence-corrected chi connectivity index (χ3v) is 3.16. The van der Waals surface area contributed by atoms with Crippen LogP contribution < -0.4 is 5.73 Å². The SMILES string of the molecule is Nc1cccc2c1C(=O)N(C(=O)c1cncc(Cl)n1)C2=O. The van der Waals surface area contributed by atoms with Gasteiger partial charge in [0.05, 0.1) is 23.5 Å². The molecule has 0 bridgehead atoms. The number of rotatable bonds is 1. The van der Waals surface area contributed by atoms with E-state index in [1.165, 1.54) is 24.4 Å². The van der Waals surface area contributed by atoms with Crippen LogP contribution >= 0.6 is 11.6 Å². The average Bonchev–Trinajstić information content (AvgIpc) is 2.71. The maximum absolute atomic E-state index is 12.3. The zero-order valence-corrected chi connectivity index (χ0v) is 11.2. The van der Waals surface area contributed by atoms with E-state index >= 15 is 0 Å². The van der Waals surface area contributed by atoms with Crippen LogP contribution in [0.2, 0.25) is 5.15 Å². The second-order valence-corrected chi connectivity index (χ2v) is 4.63. The van der Waals surface area contributed by atoms with Gasteiger partial charge in [-0.05, 0) is 12.1 Å². The molecule has 0 unspecified atom stereocenters. The molecule has 2 N–H and O–H groups in total. The summed E-state index contributed by atoms with van der Waals surface area (Å²) in [4.78, 5) is 44.7. The van der Waals surface area contributed by atoms with Crippen LogP contribution in [0, 0.1) is 0 Å². The lowest BCUT2D eigenvalue weighted by Gasteiger charge is -2.10. The summed E-state index contributed by atoms with van der Waals surface area (Å²) >= 11 is 5.65. The number of carbonyl (C=O) groups excluding carboxylic acids is 3. The highest BCUT2D eigenvalue weighted by Crippen LogP contribution is 2.28. The van der Waals surface area contributed by atoms with Gasteiger partial charge in [-0.25, -0.2) is 9.88 Å². The Morgan fingerprint density at radius 3 is 2.62 bits per heavy atom. The standard InChI is InChI=1S/C13H7ClN4O3/c14-9-5-16-4-8(17-9)12(20)18-11(19)6-2-1-3-7(15)10(6)13(18)21/h1-5H,15H2.